The van der Waals surface area contributed by atoms with E-state index in [1.54, 1.807) is 6.07 Å². The zero-order chi connectivity index (χ0) is 13.9. The van der Waals surface area contributed by atoms with Crippen LogP contribution in [0.15, 0.2) is 18.2 Å². The van der Waals surface area contributed by atoms with Crippen LogP contribution in [0.2, 0.25) is 0 Å². The molecule has 2 N–H and O–H groups in total. The molecule has 1 aliphatic rings. The van der Waals surface area contributed by atoms with Gasteiger partial charge < -0.3 is 10.6 Å². The van der Waals surface area contributed by atoms with Gasteiger partial charge in [0.2, 0.25) is 0 Å². The molecule has 106 valence electrons. The largest absolute Gasteiger partial charge is 0.433 e. The highest BCUT2D eigenvalue weighted by Gasteiger charge is 2.32. The Kier molecular flexibility index (Phi) is 4.29. The number of aromatic nitrogens is 1. The number of halogens is 3. The van der Waals surface area contributed by atoms with Crippen LogP contribution in [0.1, 0.15) is 25.5 Å². The van der Waals surface area contributed by atoms with Crippen molar-refractivity contribution >= 4 is 5.82 Å². The summed E-state index contributed by atoms with van der Waals surface area (Å²) in [6.45, 7) is 3.90. The number of hydrogen-bond acceptors (Lipinski definition) is 3. The zero-order valence-electron chi connectivity index (χ0n) is 10.8. The molecule has 3 nitrogen and oxygen atoms in total. The van der Waals surface area contributed by atoms with Gasteiger partial charge in [-0.15, -0.1) is 0 Å². The quantitative estimate of drug-likeness (QED) is 0.889. The summed E-state index contributed by atoms with van der Waals surface area (Å²) in [6, 6.07) is 4.04. The van der Waals surface area contributed by atoms with Gasteiger partial charge in [-0.3, -0.25) is 0 Å². The molecule has 0 radical (unpaired) electrons. The molecule has 2 unspecified atom stereocenters. The van der Waals surface area contributed by atoms with E-state index in [1.165, 1.54) is 6.07 Å². The Balaban J connectivity index is 2.02. The molecule has 0 bridgehead atoms. The van der Waals surface area contributed by atoms with Gasteiger partial charge in [0.25, 0.3) is 0 Å². The number of hydrogen-bond donors (Lipinski definition) is 2. The average molecular weight is 273 g/mol. The number of nitrogens with zero attached hydrogens (tertiary/aromatic N) is 1. The summed E-state index contributed by atoms with van der Waals surface area (Å²) < 4.78 is 37.7. The van der Waals surface area contributed by atoms with Gasteiger partial charge in [-0.1, -0.05) is 6.07 Å². The molecule has 1 saturated heterocycles. The van der Waals surface area contributed by atoms with Gasteiger partial charge in [0.05, 0.1) is 0 Å². The molecule has 1 aromatic rings. The van der Waals surface area contributed by atoms with Crippen LogP contribution >= 0.6 is 0 Å². The second-order valence-corrected chi connectivity index (χ2v) is 4.95. The maximum atomic E-state index is 12.6. The number of rotatable bonds is 3. The molecule has 6 heteroatoms. The van der Waals surface area contributed by atoms with Crippen LogP contribution in [0.4, 0.5) is 19.0 Å². The molecule has 0 saturated carbocycles. The second kappa shape index (κ2) is 5.77. The van der Waals surface area contributed by atoms with E-state index in [0.29, 0.717) is 5.92 Å². The van der Waals surface area contributed by atoms with E-state index < -0.39 is 11.9 Å². The van der Waals surface area contributed by atoms with Gasteiger partial charge in [0, 0.05) is 6.04 Å². The number of nitrogens with one attached hydrogen (secondary N) is 2. The summed E-state index contributed by atoms with van der Waals surface area (Å²) in [4.78, 5) is 3.62. The normalized spacial score (nSPS) is 22.0. The summed E-state index contributed by atoms with van der Waals surface area (Å²) in [6.07, 6.45) is -2.21. The Labute approximate surface area is 110 Å². The Morgan fingerprint density at radius 2 is 2.21 bits per heavy atom. The predicted octanol–water partition coefficient (Wildman–Crippen LogP) is 2.90. The van der Waals surface area contributed by atoms with Crippen LogP contribution in [0, 0.1) is 5.92 Å². The second-order valence-electron chi connectivity index (χ2n) is 4.95. The SMILES string of the molecule is CC(Nc1cccc(C(F)(F)F)n1)C1CCCNC1. The molecule has 2 rings (SSSR count). The molecule has 0 aromatic carbocycles. The van der Waals surface area contributed by atoms with E-state index >= 15 is 0 Å². The average Bonchev–Trinajstić information content (AvgIpc) is 2.39. The highest BCUT2D eigenvalue weighted by molar-refractivity contribution is 5.37. The first-order chi connectivity index (χ1) is 8.97. The summed E-state index contributed by atoms with van der Waals surface area (Å²) in [5, 5.41) is 6.37. The van der Waals surface area contributed by atoms with Crippen molar-refractivity contribution in [1.29, 1.82) is 0 Å². The fourth-order valence-corrected chi connectivity index (χ4v) is 2.33. The van der Waals surface area contributed by atoms with Gasteiger partial charge in [-0.05, 0) is 50.9 Å². The molecule has 0 amide bonds. The van der Waals surface area contributed by atoms with Crippen molar-refractivity contribution in [2.45, 2.75) is 32.0 Å². The lowest BCUT2D eigenvalue weighted by Gasteiger charge is -2.29. The van der Waals surface area contributed by atoms with E-state index in [9.17, 15) is 13.2 Å². The molecule has 1 aliphatic heterocycles. The minimum absolute atomic E-state index is 0.101. The fraction of sp³-hybridized carbons (Fsp3) is 0.615. The van der Waals surface area contributed by atoms with Gasteiger partial charge >= 0.3 is 6.18 Å². The first-order valence-electron chi connectivity index (χ1n) is 6.48. The third-order valence-corrected chi connectivity index (χ3v) is 3.46. The van der Waals surface area contributed by atoms with Crippen LogP contribution in [-0.2, 0) is 6.18 Å². The highest BCUT2D eigenvalue weighted by atomic mass is 19.4. The van der Waals surface area contributed by atoms with Crippen molar-refractivity contribution in [1.82, 2.24) is 10.3 Å². The lowest BCUT2D eigenvalue weighted by molar-refractivity contribution is -0.141. The first-order valence-corrected chi connectivity index (χ1v) is 6.48. The van der Waals surface area contributed by atoms with Crippen molar-refractivity contribution in [3.8, 4) is 0 Å². The van der Waals surface area contributed by atoms with Gasteiger partial charge in [0.1, 0.15) is 11.5 Å². The predicted molar refractivity (Wildman–Crippen MR) is 67.9 cm³/mol. The Morgan fingerprint density at radius 3 is 2.84 bits per heavy atom. The molecule has 0 aliphatic carbocycles. The third-order valence-electron chi connectivity index (χ3n) is 3.46. The topological polar surface area (TPSA) is 37.0 Å². The van der Waals surface area contributed by atoms with Crippen molar-refractivity contribution in [2.24, 2.45) is 5.92 Å². The van der Waals surface area contributed by atoms with E-state index in [-0.39, 0.29) is 11.9 Å². The number of alkyl halides is 3. The first kappa shape index (κ1) is 14.1. The monoisotopic (exact) mass is 273 g/mol. The number of piperidine rings is 1. The molecule has 0 spiro atoms. The lowest BCUT2D eigenvalue weighted by Crippen LogP contribution is -2.39. The smallest absolute Gasteiger partial charge is 0.367 e. The molecule has 2 atom stereocenters. The van der Waals surface area contributed by atoms with Gasteiger partial charge in [-0.2, -0.15) is 13.2 Å². The molecule has 19 heavy (non-hydrogen) atoms. The summed E-state index contributed by atoms with van der Waals surface area (Å²) in [7, 11) is 0. The van der Waals surface area contributed by atoms with Crippen molar-refractivity contribution in [3.63, 3.8) is 0 Å². The number of anilines is 1. The summed E-state index contributed by atoms with van der Waals surface area (Å²) >= 11 is 0. The summed E-state index contributed by atoms with van der Waals surface area (Å²) in [5.41, 5.74) is -0.855. The molecule has 1 fully saturated rings. The van der Waals surface area contributed by atoms with Crippen LogP contribution in [0.25, 0.3) is 0 Å². The maximum Gasteiger partial charge on any atom is 0.433 e. The van der Waals surface area contributed by atoms with E-state index in [0.717, 1.165) is 32.0 Å². The van der Waals surface area contributed by atoms with Gasteiger partial charge in [0.15, 0.2) is 0 Å². The van der Waals surface area contributed by atoms with Crippen molar-refractivity contribution in [2.75, 3.05) is 18.4 Å². The standard InChI is InChI=1S/C13H18F3N3/c1-9(10-4-3-7-17-8-10)18-12-6-2-5-11(19-12)13(14,15)16/h2,5-6,9-10,17H,3-4,7-8H2,1H3,(H,18,19). The maximum absolute atomic E-state index is 12.6. The van der Waals surface area contributed by atoms with Crippen LogP contribution in [-0.4, -0.2) is 24.1 Å². The van der Waals surface area contributed by atoms with Crippen molar-refractivity contribution in [3.05, 3.63) is 23.9 Å². The van der Waals surface area contributed by atoms with E-state index in [4.69, 9.17) is 0 Å². The highest BCUT2D eigenvalue weighted by Crippen LogP contribution is 2.28. The van der Waals surface area contributed by atoms with E-state index in [1.807, 2.05) is 6.92 Å². The fourth-order valence-electron chi connectivity index (χ4n) is 2.33. The van der Waals surface area contributed by atoms with Crippen LogP contribution in [0.5, 0.6) is 0 Å². The third kappa shape index (κ3) is 3.83. The Morgan fingerprint density at radius 1 is 1.42 bits per heavy atom. The number of pyridine rings is 1. The van der Waals surface area contributed by atoms with Crippen LogP contribution in [0.3, 0.4) is 0 Å². The Hall–Kier alpha value is -1.30. The minimum atomic E-state index is -4.40. The van der Waals surface area contributed by atoms with Crippen LogP contribution < -0.4 is 10.6 Å². The van der Waals surface area contributed by atoms with Crippen molar-refractivity contribution < 1.29 is 13.2 Å². The van der Waals surface area contributed by atoms with E-state index in [2.05, 4.69) is 15.6 Å². The molecular formula is C13H18F3N3. The van der Waals surface area contributed by atoms with Gasteiger partial charge in [-0.25, -0.2) is 4.98 Å². The molecule has 1 aromatic heterocycles. The molecule has 2 heterocycles. The summed E-state index contributed by atoms with van der Waals surface area (Å²) in [5.74, 6) is 0.706. The minimum Gasteiger partial charge on any atom is -0.367 e. The Bertz CT molecular complexity index is 414. The molecular weight excluding hydrogens is 255 g/mol. The zero-order valence-corrected chi connectivity index (χ0v) is 10.8. The lowest BCUT2D eigenvalue weighted by atomic mass is 9.93.